The predicted octanol–water partition coefficient (Wildman–Crippen LogP) is 11.6. The van der Waals surface area contributed by atoms with Gasteiger partial charge in [-0.3, -0.25) is 0 Å². The molecule has 0 amide bonds. The zero-order chi connectivity index (χ0) is 33.5. The Morgan fingerprint density at radius 3 is 1.60 bits per heavy atom. The Morgan fingerprint density at radius 1 is 0.542 bits per heavy atom. The van der Waals surface area contributed by atoms with Gasteiger partial charge in [0.15, 0.2) is 11.4 Å². The molecule has 6 aromatic carbocycles. The van der Waals surface area contributed by atoms with Gasteiger partial charge in [0, 0.05) is 27.5 Å². The molecule has 5 heteroatoms. The first kappa shape index (κ1) is 29.8. The number of para-hydroxylation sites is 1. The number of hydrogen-bond donors (Lipinski definition) is 0. The highest BCUT2D eigenvalue weighted by Crippen LogP contribution is 2.41. The first-order valence-electron chi connectivity index (χ1n) is 15.4. The van der Waals surface area contributed by atoms with E-state index in [0.717, 1.165) is 55.3 Å². The van der Waals surface area contributed by atoms with Crippen molar-refractivity contribution in [3.63, 3.8) is 0 Å². The van der Waals surface area contributed by atoms with Gasteiger partial charge >= 0.3 is 0 Å². The van der Waals surface area contributed by atoms with Crippen LogP contribution in [0.15, 0.2) is 109 Å². The van der Waals surface area contributed by atoms with E-state index in [4.69, 9.17) is 13.1 Å². The van der Waals surface area contributed by atoms with Gasteiger partial charge in [-0.15, -0.1) is 0 Å². The number of aryl methyl sites for hydroxylation is 1. The first-order chi connectivity index (χ1) is 23.3. The van der Waals surface area contributed by atoms with Crippen LogP contribution in [-0.4, -0.2) is 4.57 Å². The van der Waals surface area contributed by atoms with Gasteiger partial charge in [0.1, 0.15) is 0 Å². The van der Waals surface area contributed by atoms with Gasteiger partial charge in [-0.1, -0.05) is 42.5 Å². The number of aromatic nitrogens is 1. The Bertz CT molecular complexity index is 2450. The normalized spacial score (nSPS) is 10.7. The fourth-order valence-corrected chi connectivity index (χ4v) is 6.60. The van der Waals surface area contributed by atoms with Crippen LogP contribution in [0, 0.1) is 56.6 Å². The Morgan fingerprint density at radius 2 is 1.08 bits per heavy atom. The maximum absolute atomic E-state index is 9.66. The van der Waals surface area contributed by atoms with Crippen LogP contribution in [0.3, 0.4) is 0 Å². The number of hydrogen-bond acceptors (Lipinski definition) is 2. The minimum absolute atomic E-state index is 0.416. The molecule has 0 aliphatic heterocycles. The molecule has 7 aromatic rings. The molecular formula is C43H27N5. The van der Waals surface area contributed by atoms with Crippen molar-refractivity contribution in [3.8, 4) is 51.2 Å². The number of nitriles is 2. The summed E-state index contributed by atoms with van der Waals surface area (Å²) in [6, 6.07) is 40.3. The second kappa shape index (κ2) is 11.8. The SMILES string of the molecule is [C-]#[N+]c1cc(C#N)cc(-c2ccc3c(c2)c2cc(-c4cc(C#N)cc([N+]#[C-])c4)ccc2n3-c2ccccc2-c2ccc(C)c(C)c2C)c1. The van der Waals surface area contributed by atoms with Gasteiger partial charge in [0.25, 0.3) is 0 Å². The molecule has 7 rings (SSSR count). The van der Waals surface area contributed by atoms with E-state index in [2.05, 4.69) is 108 Å². The molecule has 48 heavy (non-hydrogen) atoms. The molecule has 224 valence electrons. The summed E-state index contributed by atoms with van der Waals surface area (Å²) in [7, 11) is 0. The number of benzene rings is 6. The molecule has 0 N–H and O–H groups in total. The van der Waals surface area contributed by atoms with Crippen LogP contribution < -0.4 is 0 Å². The van der Waals surface area contributed by atoms with Gasteiger partial charge in [-0.05, 0) is 132 Å². The van der Waals surface area contributed by atoms with Crippen molar-refractivity contribution in [2.75, 3.05) is 0 Å². The van der Waals surface area contributed by atoms with E-state index in [0.29, 0.717) is 22.5 Å². The average Bonchev–Trinajstić information content (AvgIpc) is 3.46. The van der Waals surface area contributed by atoms with E-state index < -0.39 is 0 Å². The van der Waals surface area contributed by atoms with Crippen molar-refractivity contribution in [1.82, 2.24) is 4.57 Å². The van der Waals surface area contributed by atoms with Gasteiger partial charge in [0.2, 0.25) is 0 Å². The van der Waals surface area contributed by atoms with Crippen molar-refractivity contribution in [1.29, 1.82) is 10.5 Å². The summed E-state index contributed by atoms with van der Waals surface area (Å²) >= 11 is 0. The van der Waals surface area contributed by atoms with Crippen LogP contribution in [0.2, 0.25) is 0 Å². The highest BCUT2D eigenvalue weighted by Gasteiger charge is 2.19. The summed E-state index contributed by atoms with van der Waals surface area (Å²) < 4.78 is 2.30. The third-order valence-corrected chi connectivity index (χ3v) is 9.28. The van der Waals surface area contributed by atoms with E-state index in [9.17, 15) is 10.5 Å². The number of nitrogens with zero attached hydrogens (tertiary/aromatic N) is 5. The van der Waals surface area contributed by atoms with Gasteiger partial charge in [-0.25, -0.2) is 9.69 Å². The first-order valence-corrected chi connectivity index (χ1v) is 15.4. The van der Waals surface area contributed by atoms with Crippen LogP contribution in [-0.2, 0) is 0 Å². The highest BCUT2D eigenvalue weighted by atomic mass is 15.0. The quantitative estimate of drug-likeness (QED) is 0.185. The molecule has 1 aromatic heterocycles. The van der Waals surface area contributed by atoms with Gasteiger partial charge in [0.05, 0.1) is 42.0 Å². The van der Waals surface area contributed by atoms with Crippen LogP contribution in [0.1, 0.15) is 27.8 Å². The molecular weight excluding hydrogens is 587 g/mol. The molecule has 0 atom stereocenters. The summed E-state index contributed by atoms with van der Waals surface area (Å²) in [5.41, 5.74) is 14.2. The van der Waals surface area contributed by atoms with Crippen molar-refractivity contribution in [2.45, 2.75) is 20.8 Å². The van der Waals surface area contributed by atoms with Gasteiger partial charge in [-0.2, -0.15) is 10.5 Å². The zero-order valence-corrected chi connectivity index (χ0v) is 26.6. The summed E-state index contributed by atoms with van der Waals surface area (Å²) in [6.45, 7) is 21.6. The number of rotatable bonds is 4. The molecule has 0 saturated carbocycles. The standard InChI is InChI=1S/C43H27N5/c1-26-10-13-37(28(3)27(26)2)38-8-6-7-9-41(38)48-42-14-11-31(33-16-29(24-44)18-35(20-33)46-4)22-39(42)40-23-32(12-15-43(40)48)34-17-30(25-45)19-36(21-34)47-5/h6-23H,1-3H3. The minimum atomic E-state index is 0.416. The minimum Gasteiger partial charge on any atom is -0.309 e. The number of fused-ring (bicyclic) bond motifs is 3. The highest BCUT2D eigenvalue weighted by molar-refractivity contribution is 6.12. The molecule has 0 aliphatic carbocycles. The third kappa shape index (κ3) is 4.94. The van der Waals surface area contributed by atoms with Crippen molar-refractivity contribution in [3.05, 3.63) is 160 Å². The lowest BCUT2D eigenvalue weighted by atomic mass is 9.93. The molecule has 0 radical (unpaired) electrons. The van der Waals surface area contributed by atoms with E-state index in [1.165, 1.54) is 22.3 Å². The maximum atomic E-state index is 9.66. The van der Waals surface area contributed by atoms with E-state index in [1.54, 1.807) is 12.1 Å². The van der Waals surface area contributed by atoms with Crippen LogP contribution in [0.25, 0.3) is 70.6 Å². The summed E-state index contributed by atoms with van der Waals surface area (Å²) in [6.07, 6.45) is 0. The maximum Gasteiger partial charge on any atom is 0.189 e. The lowest BCUT2D eigenvalue weighted by molar-refractivity contribution is 1.18. The molecule has 5 nitrogen and oxygen atoms in total. The van der Waals surface area contributed by atoms with Crippen LogP contribution in [0.4, 0.5) is 11.4 Å². The Kier molecular flexibility index (Phi) is 7.31. The Balaban J connectivity index is 1.55. The van der Waals surface area contributed by atoms with Crippen molar-refractivity contribution >= 4 is 33.2 Å². The largest absolute Gasteiger partial charge is 0.309 e. The molecule has 0 unspecified atom stereocenters. The lowest BCUT2D eigenvalue weighted by Crippen LogP contribution is -1.99. The third-order valence-electron chi connectivity index (χ3n) is 9.28. The summed E-state index contributed by atoms with van der Waals surface area (Å²) in [4.78, 5) is 7.21. The van der Waals surface area contributed by atoms with Crippen LogP contribution in [0.5, 0.6) is 0 Å². The molecule has 0 fully saturated rings. The van der Waals surface area contributed by atoms with Crippen molar-refractivity contribution < 1.29 is 0 Å². The molecule has 0 spiro atoms. The van der Waals surface area contributed by atoms with E-state index in [-0.39, 0.29) is 0 Å². The fraction of sp³-hybridized carbons (Fsp3) is 0.0698. The average molecular weight is 614 g/mol. The Labute approximate surface area is 279 Å². The van der Waals surface area contributed by atoms with Crippen LogP contribution >= 0.6 is 0 Å². The predicted molar refractivity (Wildman–Crippen MR) is 193 cm³/mol. The second-order valence-electron chi connectivity index (χ2n) is 12.0. The summed E-state index contributed by atoms with van der Waals surface area (Å²) in [5, 5.41) is 21.3. The van der Waals surface area contributed by atoms with E-state index >= 15 is 0 Å². The van der Waals surface area contributed by atoms with E-state index in [1.807, 2.05) is 36.4 Å². The monoisotopic (exact) mass is 613 g/mol. The summed E-state index contributed by atoms with van der Waals surface area (Å²) in [5.74, 6) is 0. The molecule has 0 aliphatic rings. The zero-order valence-electron chi connectivity index (χ0n) is 26.6. The lowest BCUT2D eigenvalue weighted by Gasteiger charge is -2.17. The fourth-order valence-electron chi connectivity index (χ4n) is 6.60. The van der Waals surface area contributed by atoms with Gasteiger partial charge < -0.3 is 4.57 Å². The Hall–Kier alpha value is -6.92. The molecule has 0 saturated heterocycles. The topological polar surface area (TPSA) is 61.2 Å². The molecule has 0 bridgehead atoms. The second-order valence-corrected chi connectivity index (χ2v) is 12.0. The van der Waals surface area contributed by atoms with Crippen molar-refractivity contribution in [2.24, 2.45) is 0 Å². The molecule has 1 heterocycles. The smallest absolute Gasteiger partial charge is 0.189 e.